The van der Waals surface area contributed by atoms with Crippen LogP contribution >= 0.6 is 23.4 Å². The fraction of sp³-hybridized carbons (Fsp3) is 0.636. The lowest BCUT2D eigenvalue weighted by molar-refractivity contribution is 0.748. The van der Waals surface area contributed by atoms with E-state index >= 15 is 0 Å². The van der Waals surface area contributed by atoms with Crippen molar-refractivity contribution in [2.45, 2.75) is 26.2 Å². The number of rotatable bonds is 7. The normalized spacial score (nSPS) is 10.4. The van der Waals surface area contributed by atoms with Crippen LogP contribution in [0.5, 0.6) is 0 Å². The lowest BCUT2D eigenvalue weighted by Crippen LogP contribution is -2.04. The first-order chi connectivity index (χ1) is 7.72. The Hall–Kier alpha value is -0.480. The van der Waals surface area contributed by atoms with Gasteiger partial charge in [0.25, 0.3) is 0 Å². The van der Waals surface area contributed by atoms with Crippen LogP contribution in [-0.2, 0) is 0 Å². The molecule has 1 aromatic heterocycles. The fourth-order valence-corrected chi connectivity index (χ4v) is 2.10. The van der Waals surface area contributed by atoms with Gasteiger partial charge in [0.2, 0.25) is 5.28 Å². The van der Waals surface area contributed by atoms with E-state index in [0.717, 1.165) is 18.1 Å². The summed E-state index contributed by atoms with van der Waals surface area (Å²) in [6, 6.07) is 1.91. The molecule has 0 spiro atoms. The van der Waals surface area contributed by atoms with Gasteiger partial charge in [-0.25, -0.2) is 9.97 Å². The van der Waals surface area contributed by atoms with Crippen LogP contribution in [0.1, 0.15) is 25.0 Å². The molecule has 1 aromatic rings. The summed E-state index contributed by atoms with van der Waals surface area (Å²) in [5.74, 6) is 2.07. The van der Waals surface area contributed by atoms with Crippen molar-refractivity contribution in [1.82, 2.24) is 9.97 Å². The van der Waals surface area contributed by atoms with Crippen molar-refractivity contribution in [2.24, 2.45) is 0 Å². The maximum atomic E-state index is 5.77. The van der Waals surface area contributed by atoms with Gasteiger partial charge in [0, 0.05) is 18.3 Å². The summed E-state index contributed by atoms with van der Waals surface area (Å²) in [5, 5.41) is 3.57. The zero-order valence-corrected chi connectivity index (χ0v) is 11.4. The second kappa shape index (κ2) is 7.74. The molecule has 0 atom stereocenters. The third-order valence-corrected chi connectivity index (χ3v) is 3.02. The Morgan fingerprint density at radius 1 is 1.31 bits per heavy atom. The van der Waals surface area contributed by atoms with Crippen molar-refractivity contribution in [1.29, 1.82) is 0 Å². The summed E-state index contributed by atoms with van der Waals surface area (Å²) in [6.07, 6.45) is 5.85. The minimum Gasteiger partial charge on any atom is -0.370 e. The summed E-state index contributed by atoms with van der Waals surface area (Å²) in [6.45, 7) is 2.86. The van der Waals surface area contributed by atoms with E-state index in [1.807, 2.05) is 24.8 Å². The Balaban J connectivity index is 2.21. The van der Waals surface area contributed by atoms with Gasteiger partial charge < -0.3 is 5.32 Å². The Bertz CT molecular complexity index is 300. The Kier molecular flexibility index (Phi) is 6.57. The van der Waals surface area contributed by atoms with Gasteiger partial charge in [0.15, 0.2) is 0 Å². The molecule has 0 aliphatic heterocycles. The molecule has 0 fully saturated rings. The zero-order valence-electron chi connectivity index (χ0n) is 9.79. The van der Waals surface area contributed by atoms with Crippen LogP contribution in [-0.4, -0.2) is 28.5 Å². The van der Waals surface area contributed by atoms with Gasteiger partial charge in [-0.3, -0.25) is 0 Å². The predicted molar refractivity (Wildman–Crippen MR) is 72.5 cm³/mol. The molecule has 16 heavy (non-hydrogen) atoms. The molecule has 0 radical (unpaired) electrons. The Labute approximate surface area is 106 Å². The molecule has 5 heteroatoms. The van der Waals surface area contributed by atoms with E-state index in [1.165, 1.54) is 25.0 Å². The maximum absolute atomic E-state index is 5.77. The van der Waals surface area contributed by atoms with E-state index < -0.39 is 0 Å². The molecule has 0 bridgehead atoms. The lowest BCUT2D eigenvalue weighted by Gasteiger charge is -2.06. The molecular weight excluding hydrogens is 242 g/mol. The summed E-state index contributed by atoms with van der Waals surface area (Å²) in [4.78, 5) is 8.12. The first-order valence-electron chi connectivity index (χ1n) is 5.46. The van der Waals surface area contributed by atoms with Crippen LogP contribution in [0.2, 0.25) is 5.28 Å². The van der Waals surface area contributed by atoms with Crippen molar-refractivity contribution >= 4 is 29.2 Å². The number of aromatic nitrogens is 2. The molecule has 0 saturated heterocycles. The number of nitrogens with zero attached hydrogens (tertiary/aromatic N) is 2. The van der Waals surface area contributed by atoms with Gasteiger partial charge in [-0.05, 0) is 43.4 Å². The zero-order chi connectivity index (χ0) is 11.8. The van der Waals surface area contributed by atoms with Crippen molar-refractivity contribution in [2.75, 3.05) is 23.9 Å². The van der Waals surface area contributed by atoms with E-state index in [-0.39, 0.29) is 0 Å². The molecule has 0 unspecified atom stereocenters. The number of aryl methyl sites for hydroxylation is 1. The van der Waals surface area contributed by atoms with Gasteiger partial charge in [-0.15, -0.1) is 0 Å². The van der Waals surface area contributed by atoms with E-state index in [4.69, 9.17) is 11.6 Å². The van der Waals surface area contributed by atoms with Gasteiger partial charge in [-0.1, -0.05) is 6.42 Å². The number of anilines is 1. The van der Waals surface area contributed by atoms with Gasteiger partial charge in [0.05, 0.1) is 0 Å². The summed E-state index contributed by atoms with van der Waals surface area (Å²) in [5.41, 5.74) is 0.893. The molecule has 1 rings (SSSR count). The fourth-order valence-electron chi connectivity index (χ4n) is 1.39. The highest BCUT2D eigenvalue weighted by atomic mass is 35.5. The van der Waals surface area contributed by atoms with Crippen LogP contribution in [0.4, 0.5) is 5.82 Å². The molecule has 1 N–H and O–H groups in total. The third kappa shape index (κ3) is 5.56. The minimum atomic E-state index is 0.310. The van der Waals surface area contributed by atoms with E-state index in [1.54, 1.807) is 0 Å². The maximum Gasteiger partial charge on any atom is 0.224 e. The van der Waals surface area contributed by atoms with Crippen LogP contribution in [0.15, 0.2) is 6.07 Å². The van der Waals surface area contributed by atoms with E-state index in [9.17, 15) is 0 Å². The van der Waals surface area contributed by atoms with Crippen molar-refractivity contribution in [3.8, 4) is 0 Å². The SMILES string of the molecule is CSCCCCCNc1cc(C)nc(Cl)n1. The number of halogens is 1. The van der Waals surface area contributed by atoms with Crippen LogP contribution in [0.25, 0.3) is 0 Å². The topological polar surface area (TPSA) is 37.8 Å². The highest BCUT2D eigenvalue weighted by Crippen LogP contribution is 2.10. The van der Waals surface area contributed by atoms with E-state index in [2.05, 4.69) is 21.5 Å². The molecule has 90 valence electrons. The summed E-state index contributed by atoms with van der Waals surface area (Å²) < 4.78 is 0. The first-order valence-corrected chi connectivity index (χ1v) is 7.23. The van der Waals surface area contributed by atoms with Crippen molar-refractivity contribution < 1.29 is 0 Å². The van der Waals surface area contributed by atoms with E-state index in [0.29, 0.717) is 5.28 Å². The number of thioether (sulfide) groups is 1. The minimum absolute atomic E-state index is 0.310. The van der Waals surface area contributed by atoms with Gasteiger partial charge >= 0.3 is 0 Å². The molecule has 0 saturated carbocycles. The highest BCUT2D eigenvalue weighted by Gasteiger charge is 1.98. The average molecular weight is 260 g/mol. The molecule has 0 aliphatic carbocycles. The molecule has 0 amide bonds. The molecule has 0 aromatic carbocycles. The average Bonchev–Trinajstić information content (AvgIpc) is 2.22. The number of hydrogen-bond acceptors (Lipinski definition) is 4. The number of hydrogen-bond donors (Lipinski definition) is 1. The Morgan fingerprint density at radius 2 is 2.12 bits per heavy atom. The third-order valence-electron chi connectivity index (χ3n) is 2.16. The second-order valence-corrected chi connectivity index (χ2v) is 4.97. The molecule has 1 heterocycles. The second-order valence-electron chi connectivity index (χ2n) is 3.64. The standard InChI is InChI=1S/C11H18ClN3S/c1-9-8-10(15-11(12)14-9)13-6-4-3-5-7-16-2/h8H,3-7H2,1-2H3,(H,13,14,15). The molecule has 3 nitrogen and oxygen atoms in total. The van der Waals surface area contributed by atoms with Crippen LogP contribution in [0.3, 0.4) is 0 Å². The quantitative estimate of drug-likeness (QED) is 0.602. The monoisotopic (exact) mass is 259 g/mol. The van der Waals surface area contributed by atoms with Gasteiger partial charge in [0.1, 0.15) is 5.82 Å². The largest absolute Gasteiger partial charge is 0.370 e. The molecular formula is C11H18ClN3S. The first kappa shape index (κ1) is 13.6. The van der Waals surface area contributed by atoms with Crippen molar-refractivity contribution in [3.05, 3.63) is 17.0 Å². The van der Waals surface area contributed by atoms with Crippen LogP contribution < -0.4 is 5.32 Å². The van der Waals surface area contributed by atoms with Crippen molar-refractivity contribution in [3.63, 3.8) is 0 Å². The number of unbranched alkanes of at least 4 members (excludes halogenated alkanes) is 2. The number of nitrogens with one attached hydrogen (secondary N) is 1. The molecule has 0 aliphatic rings. The Morgan fingerprint density at radius 3 is 2.81 bits per heavy atom. The van der Waals surface area contributed by atoms with Crippen LogP contribution in [0, 0.1) is 6.92 Å². The smallest absolute Gasteiger partial charge is 0.224 e. The summed E-state index contributed by atoms with van der Waals surface area (Å²) >= 11 is 7.67. The van der Waals surface area contributed by atoms with Gasteiger partial charge in [-0.2, -0.15) is 11.8 Å². The highest BCUT2D eigenvalue weighted by molar-refractivity contribution is 7.98. The predicted octanol–water partition coefficient (Wildman–Crippen LogP) is 3.38. The lowest BCUT2D eigenvalue weighted by atomic mass is 10.2. The summed E-state index contributed by atoms with van der Waals surface area (Å²) in [7, 11) is 0.